The quantitative estimate of drug-likeness (QED) is 0.677. The van der Waals surface area contributed by atoms with Crippen LogP contribution in [0.3, 0.4) is 0 Å². The van der Waals surface area contributed by atoms with Gasteiger partial charge in [0.15, 0.2) is 12.6 Å². The van der Waals surface area contributed by atoms with Crippen LogP contribution in [0.2, 0.25) is 5.02 Å². The highest BCUT2D eigenvalue weighted by atomic mass is 35.5. The molecule has 0 heterocycles. The van der Waals surface area contributed by atoms with Gasteiger partial charge >= 0.3 is 0 Å². The maximum atomic E-state index is 12.4. The van der Waals surface area contributed by atoms with Crippen molar-refractivity contribution in [3.05, 3.63) is 58.1 Å². The lowest BCUT2D eigenvalue weighted by Crippen LogP contribution is -2.04. The maximum absolute atomic E-state index is 12.4. The summed E-state index contributed by atoms with van der Waals surface area (Å²) in [5.41, 5.74) is 0.678. The average Bonchev–Trinajstić information content (AvgIpc) is 2.54. The molecule has 0 aliphatic rings. The zero-order valence-electron chi connectivity index (χ0n) is 11.7. The summed E-state index contributed by atoms with van der Waals surface area (Å²) in [5.74, 6) is -0.485. The largest absolute Gasteiger partial charge is 0.507 e. The van der Waals surface area contributed by atoms with E-state index in [9.17, 15) is 9.90 Å². The highest BCUT2D eigenvalue weighted by molar-refractivity contribution is 6.32. The Morgan fingerprint density at radius 3 is 2.82 bits per heavy atom. The van der Waals surface area contributed by atoms with Crippen LogP contribution < -0.4 is 4.74 Å². The first kappa shape index (κ1) is 15.8. The molecule has 0 aliphatic heterocycles. The number of carbonyl (C=O) groups is 1. The Kier molecular flexibility index (Phi) is 4.99. The third-order valence-electron chi connectivity index (χ3n) is 2.88. The number of ketones is 1. The first-order valence-electron chi connectivity index (χ1n) is 6.26. The lowest BCUT2D eigenvalue weighted by Gasteiger charge is -2.10. The number of nitriles is 1. The molecule has 0 unspecified atom stereocenters. The lowest BCUT2D eigenvalue weighted by atomic mass is 10.0. The van der Waals surface area contributed by atoms with Crippen LogP contribution >= 0.6 is 11.6 Å². The molecule has 2 aromatic carbocycles. The van der Waals surface area contributed by atoms with Crippen molar-refractivity contribution < 1.29 is 19.4 Å². The molecule has 0 bridgehead atoms. The zero-order chi connectivity index (χ0) is 16.1. The monoisotopic (exact) mass is 317 g/mol. The third kappa shape index (κ3) is 3.37. The number of hydrogen-bond donors (Lipinski definition) is 1. The second-order valence-electron chi connectivity index (χ2n) is 4.37. The fraction of sp³-hybridized carbons (Fsp3) is 0.125. The van der Waals surface area contributed by atoms with E-state index in [1.54, 1.807) is 18.2 Å². The second kappa shape index (κ2) is 6.94. The Bertz CT molecular complexity index is 752. The Hall–Kier alpha value is -2.55. The van der Waals surface area contributed by atoms with Crippen molar-refractivity contribution in [3.8, 4) is 17.6 Å². The molecule has 0 amide bonds. The summed E-state index contributed by atoms with van der Waals surface area (Å²) in [6.45, 7) is -0.0311. The SMILES string of the molecule is COCOc1cc(O)c(C(=O)c2cccc(C#N)c2)cc1Cl. The lowest BCUT2D eigenvalue weighted by molar-refractivity contribution is 0.0510. The summed E-state index contributed by atoms with van der Waals surface area (Å²) in [5, 5.41) is 19.1. The first-order valence-corrected chi connectivity index (χ1v) is 6.63. The summed E-state index contributed by atoms with van der Waals surface area (Å²) in [7, 11) is 1.45. The van der Waals surface area contributed by atoms with Gasteiger partial charge in [0.05, 0.1) is 22.2 Å². The Morgan fingerprint density at radius 1 is 1.36 bits per heavy atom. The highest BCUT2D eigenvalue weighted by Gasteiger charge is 2.17. The van der Waals surface area contributed by atoms with E-state index in [-0.39, 0.29) is 34.4 Å². The van der Waals surface area contributed by atoms with Crippen LogP contribution in [0.1, 0.15) is 21.5 Å². The van der Waals surface area contributed by atoms with Gasteiger partial charge in [0.25, 0.3) is 0 Å². The van der Waals surface area contributed by atoms with E-state index >= 15 is 0 Å². The van der Waals surface area contributed by atoms with E-state index < -0.39 is 5.78 Å². The molecule has 5 nitrogen and oxygen atoms in total. The van der Waals surface area contributed by atoms with Gasteiger partial charge in [-0.2, -0.15) is 5.26 Å². The number of benzene rings is 2. The topological polar surface area (TPSA) is 79.5 Å². The van der Waals surface area contributed by atoms with Gasteiger partial charge in [0, 0.05) is 18.7 Å². The minimum absolute atomic E-state index is 0.0311. The molecule has 0 radical (unpaired) electrons. The van der Waals surface area contributed by atoms with Crippen molar-refractivity contribution >= 4 is 17.4 Å². The van der Waals surface area contributed by atoms with E-state index in [1.165, 1.54) is 25.3 Å². The summed E-state index contributed by atoms with van der Waals surface area (Å²) in [4.78, 5) is 12.4. The van der Waals surface area contributed by atoms with Crippen molar-refractivity contribution in [1.82, 2.24) is 0 Å². The first-order chi connectivity index (χ1) is 10.6. The highest BCUT2D eigenvalue weighted by Crippen LogP contribution is 2.33. The van der Waals surface area contributed by atoms with Gasteiger partial charge in [0.1, 0.15) is 11.5 Å². The molecule has 6 heteroatoms. The number of carbonyl (C=O) groups excluding carboxylic acids is 1. The molecule has 22 heavy (non-hydrogen) atoms. The number of methoxy groups -OCH3 is 1. The minimum Gasteiger partial charge on any atom is -0.507 e. The van der Waals surface area contributed by atoms with Crippen LogP contribution in [0.4, 0.5) is 0 Å². The molecule has 2 rings (SSSR count). The predicted molar refractivity (Wildman–Crippen MR) is 80.2 cm³/mol. The van der Waals surface area contributed by atoms with Gasteiger partial charge in [-0.05, 0) is 18.2 Å². The second-order valence-corrected chi connectivity index (χ2v) is 4.78. The molecule has 0 saturated carbocycles. The molecule has 0 aliphatic carbocycles. The summed E-state index contributed by atoms with van der Waals surface area (Å²) < 4.78 is 9.93. The number of ether oxygens (including phenoxy) is 2. The number of hydrogen-bond acceptors (Lipinski definition) is 5. The van der Waals surface area contributed by atoms with E-state index in [1.807, 2.05) is 6.07 Å². The van der Waals surface area contributed by atoms with E-state index in [2.05, 4.69) is 0 Å². The van der Waals surface area contributed by atoms with Crippen molar-refractivity contribution in [2.45, 2.75) is 0 Å². The van der Waals surface area contributed by atoms with Crippen molar-refractivity contribution in [1.29, 1.82) is 5.26 Å². The van der Waals surface area contributed by atoms with Gasteiger partial charge in [-0.25, -0.2) is 0 Å². The molecule has 1 N–H and O–H groups in total. The molecule has 0 aromatic heterocycles. The number of phenols is 1. The van der Waals surface area contributed by atoms with Crippen LogP contribution in [0, 0.1) is 11.3 Å². The van der Waals surface area contributed by atoms with Gasteiger partial charge in [-0.15, -0.1) is 0 Å². The van der Waals surface area contributed by atoms with Crippen LogP contribution in [-0.4, -0.2) is 24.8 Å². The third-order valence-corrected chi connectivity index (χ3v) is 3.18. The summed E-state index contributed by atoms with van der Waals surface area (Å²) in [6, 6.07) is 10.7. The molecule has 112 valence electrons. The van der Waals surface area contributed by atoms with Crippen LogP contribution in [0.15, 0.2) is 36.4 Å². The van der Waals surface area contributed by atoms with E-state index in [4.69, 9.17) is 26.3 Å². The van der Waals surface area contributed by atoms with Gasteiger partial charge in [-0.3, -0.25) is 4.79 Å². The van der Waals surface area contributed by atoms with Crippen LogP contribution in [0.5, 0.6) is 11.5 Å². The minimum atomic E-state index is -0.435. The molecule has 0 saturated heterocycles. The Morgan fingerprint density at radius 2 is 2.14 bits per heavy atom. The smallest absolute Gasteiger partial charge is 0.196 e. The summed E-state index contributed by atoms with van der Waals surface area (Å²) in [6.07, 6.45) is 0. The standard InChI is InChI=1S/C16H12ClNO4/c1-21-9-22-15-7-14(19)12(6-13(15)17)16(20)11-4-2-3-10(5-11)8-18/h2-7,19H,9H2,1H3. The number of phenolic OH excluding ortho intramolecular Hbond substituents is 1. The Balaban J connectivity index is 2.38. The fourth-order valence-electron chi connectivity index (χ4n) is 1.84. The van der Waals surface area contributed by atoms with E-state index in [0.717, 1.165) is 0 Å². The van der Waals surface area contributed by atoms with Crippen molar-refractivity contribution in [3.63, 3.8) is 0 Å². The number of aromatic hydroxyl groups is 1. The normalized spacial score (nSPS) is 10.0. The van der Waals surface area contributed by atoms with Gasteiger partial charge < -0.3 is 14.6 Å². The molecular weight excluding hydrogens is 306 g/mol. The number of halogens is 1. The molecular formula is C16H12ClNO4. The van der Waals surface area contributed by atoms with Crippen molar-refractivity contribution in [2.24, 2.45) is 0 Å². The fourth-order valence-corrected chi connectivity index (χ4v) is 2.06. The Labute approximate surface area is 132 Å². The van der Waals surface area contributed by atoms with Crippen LogP contribution in [-0.2, 0) is 4.74 Å². The average molecular weight is 318 g/mol. The molecule has 0 fully saturated rings. The van der Waals surface area contributed by atoms with Gasteiger partial charge in [-0.1, -0.05) is 23.7 Å². The zero-order valence-corrected chi connectivity index (χ0v) is 12.4. The van der Waals surface area contributed by atoms with E-state index in [0.29, 0.717) is 5.56 Å². The molecule has 0 atom stereocenters. The number of rotatable bonds is 5. The predicted octanol–water partition coefficient (Wildman–Crippen LogP) is 3.13. The summed E-state index contributed by atoms with van der Waals surface area (Å²) >= 11 is 6.03. The maximum Gasteiger partial charge on any atom is 0.196 e. The number of nitrogens with zero attached hydrogens (tertiary/aromatic N) is 1. The van der Waals surface area contributed by atoms with Crippen LogP contribution in [0.25, 0.3) is 0 Å². The van der Waals surface area contributed by atoms with Crippen molar-refractivity contribution in [2.75, 3.05) is 13.9 Å². The molecule has 2 aromatic rings. The van der Waals surface area contributed by atoms with Gasteiger partial charge in [0.2, 0.25) is 0 Å². The molecule has 0 spiro atoms.